The van der Waals surface area contributed by atoms with Crippen molar-refractivity contribution in [3.8, 4) is 0 Å². The number of carbonyl (C=O) groups excluding carboxylic acids is 2. The molecule has 24 heavy (non-hydrogen) atoms. The molecule has 2 atom stereocenters. The van der Waals surface area contributed by atoms with Gasteiger partial charge in [-0.1, -0.05) is 0 Å². The van der Waals surface area contributed by atoms with Gasteiger partial charge in [0.2, 0.25) is 0 Å². The number of hydrogen-bond acceptors (Lipinski definition) is 5. The molecule has 2 unspecified atom stereocenters. The number of carboxylic acid groups (broad SMARTS) is 1. The minimum atomic E-state index is -1.12. The second-order valence-corrected chi connectivity index (χ2v) is 7.07. The fourth-order valence-corrected chi connectivity index (χ4v) is 4.38. The molecule has 0 spiro atoms. The van der Waals surface area contributed by atoms with Gasteiger partial charge in [0.1, 0.15) is 17.1 Å². The maximum atomic E-state index is 12.5. The van der Waals surface area contributed by atoms with E-state index in [2.05, 4.69) is 10.4 Å². The van der Waals surface area contributed by atoms with Crippen LogP contribution in [-0.2, 0) is 16.6 Å². The Morgan fingerprint density at radius 3 is 2.54 bits per heavy atom. The summed E-state index contributed by atoms with van der Waals surface area (Å²) in [5.41, 5.74) is 2.44. The number of nitrogens with zero attached hydrogens (tertiary/aromatic N) is 3. The quantitative estimate of drug-likeness (QED) is 0.765. The topological polar surface area (TPSA) is 105 Å². The van der Waals surface area contributed by atoms with Crippen LogP contribution in [0.4, 0.5) is 0 Å². The second kappa shape index (κ2) is 5.66. The minimum Gasteiger partial charge on any atom is -0.477 e. The molecule has 9 heteroatoms. The van der Waals surface area contributed by atoms with E-state index in [0.717, 1.165) is 0 Å². The van der Waals surface area contributed by atoms with E-state index in [0.29, 0.717) is 28.3 Å². The zero-order valence-electron chi connectivity index (χ0n) is 13.8. The van der Waals surface area contributed by atoms with Gasteiger partial charge in [0.05, 0.1) is 11.3 Å². The summed E-state index contributed by atoms with van der Waals surface area (Å²) in [7, 11) is 1.75. The number of aryl methyl sites for hydroxylation is 2. The van der Waals surface area contributed by atoms with Crippen molar-refractivity contribution in [3.63, 3.8) is 0 Å². The van der Waals surface area contributed by atoms with Crippen molar-refractivity contribution in [2.75, 3.05) is 5.75 Å². The Balaban J connectivity index is 1.81. The third-order valence-corrected chi connectivity index (χ3v) is 5.81. The summed E-state index contributed by atoms with van der Waals surface area (Å²) in [4.78, 5) is 37.6. The molecule has 0 bridgehead atoms. The molecule has 3 heterocycles. The first-order valence-electron chi connectivity index (χ1n) is 7.42. The van der Waals surface area contributed by atoms with Crippen LogP contribution in [-0.4, -0.2) is 54.7 Å². The first-order chi connectivity index (χ1) is 11.2. The van der Waals surface area contributed by atoms with Gasteiger partial charge in [0.15, 0.2) is 0 Å². The van der Waals surface area contributed by atoms with E-state index in [-0.39, 0.29) is 17.0 Å². The number of fused-ring (bicyclic) bond motifs is 1. The molecule has 128 valence electrons. The summed E-state index contributed by atoms with van der Waals surface area (Å²) in [5.74, 6) is -1.35. The Hall–Kier alpha value is -2.29. The molecule has 2 aliphatic heterocycles. The van der Waals surface area contributed by atoms with Gasteiger partial charge in [0.25, 0.3) is 11.8 Å². The number of aliphatic carboxylic acids is 1. The highest BCUT2D eigenvalue weighted by atomic mass is 32.2. The minimum absolute atomic E-state index is 0.0305. The first-order valence-corrected chi connectivity index (χ1v) is 8.47. The Morgan fingerprint density at radius 2 is 2.00 bits per heavy atom. The number of rotatable bonds is 3. The number of nitrogens with one attached hydrogen (secondary N) is 1. The SMILES string of the molecule is CC1=C(C(=O)O)N2C(=O)C(NC(=O)c3c(C)nn(C)c3C)C2SC1. The zero-order valence-corrected chi connectivity index (χ0v) is 14.6. The summed E-state index contributed by atoms with van der Waals surface area (Å²) in [6.45, 7) is 5.23. The van der Waals surface area contributed by atoms with Gasteiger partial charge in [-0.05, 0) is 26.3 Å². The second-order valence-electron chi connectivity index (χ2n) is 5.96. The van der Waals surface area contributed by atoms with E-state index in [9.17, 15) is 19.5 Å². The molecule has 0 aromatic carbocycles. The van der Waals surface area contributed by atoms with Crippen LogP contribution in [0.5, 0.6) is 0 Å². The average Bonchev–Trinajstić information content (AvgIpc) is 2.76. The van der Waals surface area contributed by atoms with Crippen molar-refractivity contribution in [1.29, 1.82) is 0 Å². The van der Waals surface area contributed by atoms with Crippen LogP contribution < -0.4 is 5.32 Å². The molecule has 1 fully saturated rings. The van der Waals surface area contributed by atoms with Gasteiger partial charge in [0, 0.05) is 18.5 Å². The maximum Gasteiger partial charge on any atom is 0.352 e. The van der Waals surface area contributed by atoms with Crippen LogP contribution in [0.1, 0.15) is 28.7 Å². The molecule has 2 amide bonds. The van der Waals surface area contributed by atoms with Gasteiger partial charge in [-0.2, -0.15) is 5.10 Å². The predicted octanol–water partition coefficient (Wildman–Crippen LogP) is 0.409. The van der Waals surface area contributed by atoms with Crippen molar-refractivity contribution in [2.45, 2.75) is 32.2 Å². The summed E-state index contributed by atoms with van der Waals surface area (Å²) < 4.78 is 1.61. The smallest absolute Gasteiger partial charge is 0.352 e. The highest BCUT2D eigenvalue weighted by molar-refractivity contribution is 8.00. The fourth-order valence-electron chi connectivity index (χ4n) is 3.09. The third kappa shape index (κ3) is 2.31. The van der Waals surface area contributed by atoms with E-state index in [1.165, 1.54) is 16.7 Å². The van der Waals surface area contributed by atoms with Gasteiger partial charge < -0.3 is 10.4 Å². The van der Waals surface area contributed by atoms with E-state index in [1.54, 1.807) is 32.5 Å². The van der Waals surface area contributed by atoms with Crippen molar-refractivity contribution in [1.82, 2.24) is 20.0 Å². The lowest BCUT2D eigenvalue weighted by Crippen LogP contribution is -2.70. The Bertz CT molecular complexity index is 798. The molecule has 0 saturated carbocycles. The first kappa shape index (κ1) is 16.6. The van der Waals surface area contributed by atoms with Crippen LogP contribution in [0, 0.1) is 13.8 Å². The lowest BCUT2D eigenvalue weighted by atomic mass is 10.0. The third-order valence-electron chi connectivity index (χ3n) is 4.38. The van der Waals surface area contributed by atoms with Crippen molar-refractivity contribution < 1.29 is 19.5 Å². The summed E-state index contributed by atoms with van der Waals surface area (Å²) >= 11 is 1.45. The van der Waals surface area contributed by atoms with Gasteiger partial charge in [-0.15, -0.1) is 11.8 Å². The number of carbonyl (C=O) groups is 3. The van der Waals surface area contributed by atoms with E-state index < -0.39 is 17.9 Å². The van der Waals surface area contributed by atoms with Crippen LogP contribution in [0.25, 0.3) is 0 Å². The summed E-state index contributed by atoms with van der Waals surface area (Å²) in [6, 6.07) is -0.719. The van der Waals surface area contributed by atoms with Crippen molar-refractivity contribution in [2.24, 2.45) is 7.05 Å². The number of aromatic nitrogens is 2. The molecule has 1 saturated heterocycles. The Kier molecular flexibility index (Phi) is 3.90. The fraction of sp³-hybridized carbons (Fsp3) is 0.467. The molecule has 3 rings (SSSR count). The van der Waals surface area contributed by atoms with Gasteiger partial charge in [-0.25, -0.2) is 4.79 Å². The molecular weight excluding hydrogens is 332 g/mol. The van der Waals surface area contributed by atoms with Crippen LogP contribution in [0.2, 0.25) is 0 Å². The molecule has 1 aromatic heterocycles. The largest absolute Gasteiger partial charge is 0.477 e. The lowest BCUT2D eigenvalue weighted by Gasteiger charge is -2.49. The molecular formula is C15H18N4O4S. The van der Waals surface area contributed by atoms with Crippen LogP contribution in [0.15, 0.2) is 11.3 Å². The van der Waals surface area contributed by atoms with E-state index in [1.807, 2.05) is 0 Å². The van der Waals surface area contributed by atoms with Crippen LogP contribution >= 0.6 is 11.8 Å². The monoisotopic (exact) mass is 350 g/mol. The summed E-state index contributed by atoms with van der Waals surface area (Å²) in [6.07, 6.45) is 0. The van der Waals surface area contributed by atoms with E-state index >= 15 is 0 Å². The number of β-lactam (4-membered cyclic amide) rings is 1. The number of thioether (sulfide) groups is 1. The molecule has 1 aromatic rings. The number of hydrogen-bond donors (Lipinski definition) is 2. The predicted molar refractivity (Wildman–Crippen MR) is 87.4 cm³/mol. The molecule has 0 radical (unpaired) electrons. The molecule has 2 aliphatic rings. The van der Waals surface area contributed by atoms with Crippen LogP contribution in [0.3, 0.4) is 0 Å². The highest BCUT2D eigenvalue weighted by Crippen LogP contribution is 2.40. The normalized spacial score (nSPS) is 23.0. The highest BCUT2D eigenvalue weighted by Gasteiger charge is 2.53. The Labute approximate surface area is 142 Å². The maximum absolute atomic E-state index is 12.5. The lowest BCUT2D eigenvalue weighted by molar-refractivity contribution is -0.148. The number of amides is 2. The summed E-state index contributed by atoms with van der Waals surface area (Å²) in [5, 5.41) is 15.9. The molecule has 0 aliphatic carbocycles. The van der Waals surface area contributed by atoms with Gasteiger partial charge >= 0.3 is 5.97 Å². The van der Waals surface area contributed by atoms with Crippen molar-refractivity contribution >= 4 is 29.5 Å². The van der Waals surface area contributed by atoms with E-state index in [4.69, 9.17) is 0 Å². The zero-order chi connectivity index (χ0) is 17.8. The Morgan fingerprint density at radius 1 is 1.33 bits per heavy atom. The average molecular weight is 350 g/mol. The molecule has 8 nitrogen and oxygen atoms in total. The van der Waals surface area contributed by atoms with Crippen molar-refractivity contribution in [3.05, 3.63) is 28.2 Å². The van der Waals surface area contributed by atoms with Gasteiger partial charge in [-0.3, -0.25) is 19.2 Å². The number of carboxylic acids is 1. The molecule has 2 N–H and O–H groups in total. The standard InChI is InChI=1S/C15H18N4O4S/c1-6-5-24-14-10(13(21)19(14)11(6)15(22)23)16-12(20)9-7(2)17-18(4)8(9)3/h10,14H,5H2,1-4H3,(H,16,20)(H,22,23).